The summed E-state index contributed by atoms with van der Waals surface area (Å²) in [6, 6.07) is 19.0. The van der Waals surface area contributed by atoms with Crippen LogP contribution in [0.4, 0.5) is 0 Å². The molecular formula is C21H26IN3O. The lowest BCUT2D eigenvalue weighted by atomic mass is 10.1. The van der Waals surface area contributed by atoms with Crippen molar-refractivity contribution in [2.45, 2.75) is 24.9 Å². The Kier molecular flexibility index (Phi) is 6.40. The fourth-order valence-corrected chi connectivity index (χ4v) is 3.61. The van der Waals surface area contributed by atoms with E-state index in [1.165, 1.54) is 17.5 Å². The van der Waals surface area contributed by atoms with Gasteiger partial charge in [0.1, 0.15) is 11.9 Å². The monoisotopic (exact) mass is 463 g/mol. The number of ether oxygens (including phenoxy) is 1. The molecule has 3 unspecified atom stereocenters. The molecule has 1 heterocycles. The zero-order valence-electron chi connectivity index (χ0n) is 15.0. The van der Waals surface area contributed by atoms with E-state index in [9.17, 15) is 0 Å². The third-order valence-electron chi connectivity index (χ3n) is 5.12. The summed E-state index contributed by atoms with van der Waals surface area (Å²) in [4.78, 5) is 4.33. The van der Waals surface area contributed by atoms with E-state index >= 15 is 0 Å². The highest BCUT2D eigenvalue weighted by Gasteiger charge is 2.37. The summed E-state index contributed by atoms with van der Waals surface area (Å²) in [7, 11) is 1.82. The summed E-state index contributed by atoms with van der Waals surface area (Å²) in [6.45, 7) is 1.73. The van der Waals surface area contributed by atoms with Gasteiger partial charge in [0.25, 0.3) is 0 Å². The zero-order valence-corrected chi connectivity index (χ0v) is 17.4. The first kappa shape index (κ1) is 19.0. The quantitative estimate of drug-likeness (QED) is 0.405. The van der Waals surface area contributed by atoms with Crippen LogP contribution < -0.4 is 15.4 Å². The van der Waals surface area contributed by atoms with Crippen LogP contribution in [0.5, 0.6) is 5.75 Å². The van der Waals surface area contributed by atoms with Gasteiger partial charge in [0.15, 0.2) is 5.96 Å². The normalized spacial score (nSPS) is 23.4. The first-order valence-electron chi connectivity index (χ1n) is 9.07. The lowest BCUT2D eigenvalue weighted by Crippen LogP contribution is -2.43. The molecule has 2 aromatic rings. The van der Waals surface area contributed by atoms with Gasteiger partial charge in [-0.2, -0.15) is 0 Å². The van der Waals surface area contributed by atoms with Crippen LogP contribution in [0.25, 0.3) is 0 Å². The lowest BCUT2D eigenvalue weighted by molar-refractivity contribution is 0.235. The number of rotatable bonds is 5. The van der Waals surface area contributed by atoms with E-state index in [0.717, 1.165) is 31.2 Å². The average Bonchev–Trinajstić information content (AvgIpc) is 3.32. The maximum Gasteiger partial charge on any atom is 0.191 e. The standard InChI is InChI=1S/C21H25N3O.HI/c1-22-21(23-13-17-12-19(17)15-7-3-2-4-8-15)24-14-18-11-16-9-5-6-10-20(16)25-18;/h2-10,17-19H,11-14H2,1H3,(H2,22,23,24);1H. The number of para-hydroxylation sites is 1. The smallest absolute Gasteiger partial charge is 0.191 e. The second-order valence-corrected chi connectivity index (χ2v) is 6.90. The lowest BCUT2D eigenvalue weighted by Gasteiger charge is -2.15. The number of hydrogen-bond acceptors (Lipinski definition) is 2. The van der Waals surface area contributed by atoms with Crippen molar-refractivity contribution in [1.82, 2.24) is 10.6 Å². The van der Waals surface area contributed by atoms with Gasteiger partial charge in [-0.1, -0.05) is 48.5 Å². The van der Waals surface area contributed by atoms with Crippen LogP contribution in [-0.4, -0.2) is 32.2 Å². The van der Waals surface area contributed by atoms with E-state index in [-0.39, 0.29) is 30.1 Å². The molecule has 0 aromatic heterocycles. The van der Waals surface area contributed by atoms with E-state index in [2.05, 4.69) is 58.1 Å². The molecule has 138 valence electrons. The SMILES string of the molecule is CN=C(NCC1Cc2ccccc2O1)NCC1CC1c1ccccc1.I. The summed E-state index contributed by atoms with van der Waals surface area (Å²) >= 11 is 0. The fraction of sp³-hybridized carbons (Fsp3) is 0.381. The largest absolute Gasteiger partial charge is 0.488 e. The van der Waals surface area contributed by atoms with Crippen molar-refractivity contribution in [2.24, 2.45) is 10.9 Å². The molecule has 0 bridgehead atoms. The minimum Gasteiger partial charge on any atom is -0.488 e. The maximum atomic E-state index is 5.97. The van der Waals surface area contributed by atoms with Crippen molar-refractivity contribution < 1.29 is 4.74 Å². The molecule has 1 aliphatic carbocycles. The Balaban J connectivity index is 0.00000196. The van der Waals surface area contributed by atoms with Gasteiger partial charge >= 0.3 is 0 Å². The van der Waals surface area contributed by atoms with Crippen molar-refractivity contribution in [1.29, 1.82) is 0 Å². The molecule has 1 fully saturated rings. The van der Waals surface area contributed by atoms with Crippen LogP contribution in [0.3, 0.4) is 0 Å². The average molecular weight is 463 g/mol. The Labute approximate surface area is 172 Å². The number of aliphatic imine (C=N–C) groups is 1. The van der Waals surface area contributed by atoms with Crippen LogP contribution >= 0.6 is 24.0 Å². The Morgan fingerprint density at radius 2 is 1.77 bits per heavy atom. The predicted octanol–water partition coefficient (Wildman–Crippen LogP) is 3.58. The van der Waals surface area contributed by atoms with E-state index in [1.54, 1.807) is 0 Å². The number of fused-ring (bicyclic) bond motifs is 1. The fourth-order valence-electron chi connectivity index (χ4n) is 3.61. The molecule has 1 aliphatic heterocycles. The molecule has 0 radical (unpaired) electrons. The topological polar surface area (TPSA) is 45.7 Å². The van der Waals surface area contributed by atoms with Gasteiger partial charge in [0, 0.05) is 20.0 Å². The molecule has 4 rings (SSSR count). The third-order valence-corrected chi connectivity index (χ3v) is 5.12. The Hall–Kier alpha value is -1.76. The van der Waals surface area contributed by atoms with Gasteiger partial charge in [-0.05, 0) is 35.4 Å². The Morgan fingerprint density at radius 1 is 1.04 bits per heavy atom. The van der Waals surface area contributed by atoms with Crippen LogP contribution in [0.15, 0.2) is 59.6 Å². The number of hydrogen-bond donors (Lipinski definition) is 2. The van der Waals surface area contributed by atoms with Crippen molar-refractivity contribution in [3.8, 4) is 5.75 Å². The van der Waals surface area contributed by atoms with E-state index in [4.69, 9.17) is 4.74 Å². The van der Waals surface area contributed by atoms with E-state index < -0.39 is 0 Å². The summed E-state index contributed by atoms with van der Waals surface area (Å²) in [5.74, 6) is 3.27. The predicted molar refractivity (Wildman–Crippen MR) is 117 cm³/mol. The number of benzene rings is 2. The number of nitrogens with zero attached hydrogens (tertiary/aromatic N) is 1. The second kappa shape index (κ2) is 8.75. The van der Waals surface area contributed by atoms with Crippen molar-refractivity contribution >= 4 is 29.9 Å². The summed E-state index contributed by atoms with van der Waals surface area (Å²) < 4.78 is 5.97. The Morgan fingerprint density at radius 3 is 2.54 bits per heavy atom. The number of guanidine groups is 1. The summed E-state index contributed by atoms with van der Waals surface area (Å²) in [5.41, 5.74) is 2.75. The summed E-state index contributed by atoms with van der Waals surface area (Å²) in [6.07, 6.45) is 2.39. The molecule has 2 aliphatic rings. The van der Waals surface area contributed by atoms with Crippen LogP contribution in [0, 0.1) is 5.92 Å². The van der Waals surface area contributed by atoms with Crippen LogP contribution in [0.2, 0.25) is 0 Å². The Bertz CT molecular complexity index is 725. The number of nitrogens with one attached hydrogen (secondary N) is 2. The maximum absolute atomic E-state index is 5.97. The molecule has 2 aromatic carbocycles. The first-order valence-corrected chi connectivity index (χ1v) is 9.07. The molecule has 0 saturated heterocycles. The minimum absolute atomic E-state index is 0. The van der Waals surface area contributed by atoms with E-state index in [0.29, 0.717) is 11.8 Å². The molecule has 3 atom stereocenters. The molecule has 4 nitrogen and oxygen atoms in total. The molecular weight excluding hydrogens is 437 g/mol. The first-order chi connectivity index (χ1) is 12.3. The zero-order chi connectivity index (χ0) is 17.1. The van der Waals surface area contributed by atoms with Crippen LogP contribution in [0.1, 0.15) is 23.5 Å². The molecule has 0 spiro atoms. The van der Waals surface area contributed by atoms with Gasteiger partial charge in [0.2, 0.25) is 0 Å². The molecule has 1 saturated carbocycles. The van der Waals surface area contributed by atoms with Crippen molar-refractivity contribution in [2.75, 3.05) is 20.1 Å². The van der Waals surface area contributed by atoms with Crippen molar-refractivity contribution in [3.63, 3.8) is 0 Å². The molecule has 5 heteroatoms. The highest BCUT2D eigenvalue weighted by atomic mass is 127. The minimum atomic E-state index is 0. The van der Waals surface area contributed by atoms with Gasteiger partial charge in [-0.3, -0.25) is 4.99 Å². The highest BCUT2D eigenvalue weighted by Crippen LogP contribution is 2.46. The van der Waals surface area contributed by atoms with Crippen molar-refractivity contribution in [3.05, 3.63) is 65.7 Å². The van der Waals surface area contributed by atoms with Gasteiger partial charge < -0.3 is 15.4 Å². The van der Waals surface area contributed by atoms with Gasteiger partial charge in [0.05, 0.1) is 6.54 Å². The number of halogens is 1. The molecule has 26 heavy (non-hydrogen) atoms. The third kappa shape index (κ3) is 4.50. The van der Waals surface area contributed by atoms with E-state index in [1.807, 2.05) is 19.2 Å². The molecule has 0 amide bonds. The molecule has 2 N–H and O–H groups in total. The highest BCUT2D eigenvalue weighted by molar-refractivity contribution is 14.0. The summed E-state index contributed by atoms with van der Waals surface area (Å²) in [5, 5.41) is 6.86. The van der Waals surface area contributed by atoms with Gasteiger partial charge in [-0.25, -0.2) is 0 Å². The van der Waals surface area contributed by atoms with Crippen LogP contribution in [-0.2, 0) is 6.42 Å². The second-order valence-electron chi connectivity index (χ2n) is 6.90. The van der Waals surface area contributed by atoms with Gasteiger partial charge in [-0.15, -0.1) is 24.0 Å².